The van der Waals surface area contributed by atoms with Crippen LogP contribution in [0.2, 0.25) is 0 Å². The SMILES string of the molecule is COc1cccc(C(=O)N2CCC(C(=O)N[C@@H](C)c3ccccc3)CC2)c1. The van der Waals surface area contributed by atoms with E-state index >= 15 is 0 Å². The number of nitrogens with zero attached hydrogens (tertiary/aromatic N) is 1. The Labute approximate surface area is 160 Å². The lowest BCUT2D eigenvalue weighted by Gasteiger charge is -2.32. The van der Waals surface area contributed by atoms with Crippen molar-refractivity contribution in [1.29, 1.82) is 0 Å². The number of methoxy groups -OCH3 is 1. The van der Waals surface area contributed by atoms with Crippen molar-refractivity contribution in [2.45, 2.75) is 25.8 Å². The predicted octanol–water partition coefficient (Wildman–Crippen LogP) is 3.42. The first kappa shape index (κ1) is 19.0. The van der Waals surface area contributed by atoms with E-state index < -0.39 is 0 Å². The number of likely N-dealkylation sites (tertiary alicyclic amines) is 1. The van der Waals surface area contributed by atoms with Crippen LogP contribution in [0.5, 0.6) is 5.75 Å². The molecule has 0 bridgehead atoms. The molecule has 0 radical (unpaired) electrons. The molecule has 142 valence electrons. The molecule has 27 heavy (non-hydrogen) atoms. The molecular weight excluding hydrogens is 340 g/mol. The number of rotatable bonds is 5. The van der Waals surface area contributed by atoms with Crippen molar-refractivity contribution < 1.29 is 14.3 Å². The first-order chi connectivity index (χ1) is 13.1. The molecule has 1 aliphatic rings. The number of carbonyl (C=O) groups is 2. The Kier molecular flexibility index (Phi) is 6.12. The molecule has 3 rings (SSSR count). The second kappa shape index (κ2) is 8.71. The maximum absolute atomic E-state index is 12.7. The molecule has 1 aliphatic heterocycles. The number of hydrogen-bond donors (Lipinski definition) is 1. The van der Waals surface area contributed by atoms with E-state index in [-0.39, 0.29) is 23.8 Å². The summed E-state index contributed by atoms with van der Waals surface area (Å²) < 4.78 is 5.19. The molecule has 5 nitrogen and oxygen atoms in total. The largest absolute Gasteiger partial charge is 0.497 e. The van der Waals surface area contributed by atoms with Gasteiger partial charge < -0.3 is 15.0 Å². The molecule has 0 aromatic heterocycles. The number of benzene rings is 2. The van der Waals surface area contributed by atoms with E-state index in [0.717, 1.165) is 5.56 Å². The Bertz CT molecular complexity index is 783. The molecule has 1 heterocycles. The van der Waals surface area contributed by atoms with Crippen molar-refractivity contribution in [3.05, 3.63) is 65.7 Å². The molecule has 1 saturated heterocycles. The first-order valence-electron chi connectivity index (χ1n) is 9.37. The summed E-state index contributed by atoms with van der Waals surface area (Å²) in [5, 5.41) is 3.10. The van der Waals surface area contributed by atoms with Gasteiger partial charge in [-0.05, 0) is 43.5 Å². The van der Waals surface area contributed by atoms with Gasteiger partial charge in [0.1, 0.15) is 5.75 Å². The highest BCUT2D eigenvalue weighted by molar-refractivity contribution is 5.94. The molecule has 0 spiro atoms. The fourth-order valence-electron chi connectivity index (χ4n) is 3.44. The highest BCUT2D eigenvalue weighted by Crippen LogP contribution is 2.22. The van der Waals surface area contributed by atoms with Gasteiger partial charge >= 0.3 is 0 Å². The number of piperidine rings is 1. The van der Waals surface area contributed by atoms with Crippen molar-refractivity contribution in [3.63, 3.8) is 0 Å². The van der Waals surface area contributed by atoms with Gasteiger partial charge in [0, 0.05) is 24.6 Å². The Balaban J connectivity index is 1.53. The van der Waals surface area contributed by atoms with Crippen LogP contribution in [0.4, 0.5) is 0 Å². The zero-order chi connectivity index (χ0) is 19.2. The first-order valence-corrected chi connectivity index (χ1v) is 9.37. The third kappa shape index (κ3) is 4.67. The third-order valence-electron chi connectivity index (χ3n) is 5.13. The van der Waals surface area contributed by atoms with Crippen LogP contribution in [0.25, 0.3) is 0 Å². The molecule has 0 unspecified atom stereocenters. The summed E-state index contributed by atoms with van der Waals surface area (Å²) in [6.45, 7) is 3.18. The number of hydrogen-bond acceptors (Lipinski definition) is 3. The van der Waals surface area contributed by atoms with Gasteiger partial charge in [0.05, 0.1) is 13.2 Å². The molecule has 1 N–H and O–H groups in total. The van der Waals surface area contributed by atoms with E-state index in [1.165, 1.54) is 0 Å². The van der Waals surface area contributed by atoms with E-state index in [4.69, 9.17) is 4.74 Å². The molecule has 2 amide bonds. The molecule has 1 atom stereocenters. The van der Waals surface area contributed by atoms with Crippen LogP contribution in [0.15, 0.2) is 54.6 Å². The summed E-state index contributed by atoms with van der Waals surface area (Å²) in [4.78, 5) is 27.1. The normalized spacial score (nSPS) is 15.9. The van der Waals surface area contributed by atoms with Crippen LogP contribution in [0, 0.1) is 5.92 Å². The molecule has 1 fully saturated rings. The summed E-state index contributed by atoms with van der Waals surface area (Å²) in [6.07, 6.45) is 1.37. The number of amides is 2. The van der Waals surface area contributed by atoms with Crippen molar-refractivity contribution in [3.8, 4) is 5.75 Å². The van der Waals surface area contributed by atoms with E-state index in [0.29, 0.717) is 37.2 Å². The van der Waals surface area contributed by atoms with Crippen LogP contribution in [0.1, 0.15) is 41.7 Å². The molecule has 5 heteroatoms. The van der Waals surface area contributed by atoms with Crippen molar-refractivity contribution in [2.24, 2.45) is 5.92 Å². The fourth-order valence-corrected chi connectivity index (χ4v) is 3.44. The van der Waals surface area contributed by atoms with Crippen LogP contribution in [-0.2, 0) is 4.79 Å². The van der Waals surface area contributed by atoms with E-state index in [1.54, 1.807) is 19.2 Å². The maximum atomic E-state index is 12.7. The molecular formula is C22H26N2O3. The van der Waals surface area contributed by atoms with Crippen molar-refractivity contribution in [1.82, 2.24) is 10.2 Å². The van der Waals surface area contributed by atoms with Crippen LogP contribution >= 0.6 is 0 Å². The Morgan fingerprint density at radius 1 is 1.07 bits per heavy atom. The van der Waals surface area contributed by atoms with Gasteiger partial charge in [-0.2, -0.15) is 0 Å². The minimum atomic E-state index is -0.0504. The minimum Gasteiger partial charge on any atom is -0.497 e. The second-order valence-electron chi connectivity index (χ2n) is 6.94. The van der Waals surface area contributed by atoms with E-state index in [2.05, 4.69) is 5.32 Å². The number of nitrogens with one attached hydrogen (secondary N) is 1. The zero-order valence-corrected chi connectivity index (χ0v) is 15.9. The third-order valence-corrected chi connectivity index (χ3v) is 5.13. The van der Waals surface area contributed by atoms with Gasteiger partial charge in [0.15, 0.2) is 0 Å². The lowest BCUT2D eigenvalue weighted by atomic mass is 9.94. The monoisotopic (exact) mass is 366 g/mol. The standard InChI is InChI=1S/C22H26N2O3/c1-16(17-7-4-3-5-8-17)23-21(25)18-11-13-24(14-12-18)22(26)19-9-6-10-20(15-19)27-2/h3-10,15-16,18H,11-14H2,1-2H3,(H,23,25)/t16-/m0/s1. The maximum Gasteiger partial charge on any atom is 0.253 e. The topological polar surface area (TPSA) is 58.6 Å². The zero-order valence-electron chi connectivity index (χ0n) is 15.9. The lowest BCUT2D eigenvalue weighted by Crippen LogP contribution is -2.43. The number of carbonyl (C=O) groups excluding carboxylic acids is 2. The lowest BCUT2D eigenvalue weighted by molar-refractivity contribution is -0.126. The van der Waals surface area contributed by atoms with Crippen LogP contribution in [0.3, 0.4) is 0 Å². The quantitative estimate of drug-likeness (QED) is 0.882. The minimum absolute atomic E-state index is 0.00888. The molecule has 2 aromatic rings. The van der Waals surface area contributed by atoms with Gasteiger partial charge in [0.25, 0.3) is 5.91 Å². The summed E-state index contributed by atoms with van der Waals surface area (Å²) >= 11 is 0. The highest BCUT2D eigenvalue weighted by Gasteiger charge is 2.28. The van der Waals surface area contributed by atoms with Crippen LogP contribution < -0.4 is 10.1 Å². The molecule has 0 aliphatic carbocycles. The van der Waals surface area contributed by atoms with Crippen LogP contribution in [-0.4, -0.2) is 36.9 Å². The Morgan fingerprint density at radius 2 is 1.78 bits per heavy atom. The van der Waals surface area contributed by atoms with Crippen molar-refractivity contribution >= 4 is 11.8 Å². The molecule has 2 aromatic carbocycles. The Hall–Kier alpha value is -2.82. The van der Waals surface area contributed by atoms with Gasteiger partial charge in [-0.15, -0.1) is 0 Å². The summed E-state index contributed by atoms with van der Waals surface area (Å²) in [5.74, 6) is 0.681. The molecule has 0 saturated carbocycles. The highest BCUT2D eigenvalue weighted by atomic mass is 16.5. The second-order valence-corrected chi connectivity index (χ2v) is 6.94. The van der Waals surface area contributed by atoms with Gasteiger partial charge in [-0.1, -0.05) is 36.4 Å². The fraction of sp³-hybridized carbons (Fsp3) is 0.364. The van der Waals surface area contributed by atoms with E-state index in [9.17, 15) is 9.59 Å². The summed E-state index contributed by atoms with van der Waals surface area (Å²) in [6, 6.07) is 17.1. The van der Waals surface area contributed by atoms with Gasteiger partial charge in [-0.3, -0.25) is 9.59 Å². The Morgan fingerprint density at radius 3 is 2.44 bits per heavy atom. The predicted molar refractivity (Wildman–Crippen MR) is 105 cm³/mol. The summed E-state index contributed by atoms with van der Waals surface area (Å²) in [5.41, 5.74) is 1.71. The summed E-state index contributed by atoms with van der Waals surface area (Å²) in [7, 11) is 1.59. The average Bonchev–Trinajstić information content (AvgIpc) is 2.74. The van der Waals surface area contributed by atoms with Gasteiger partial charge in [0.2, 0.25) is 5.91 Å². The van der Waals surface area contributed by atoms with Crippen molar-refractivity contribution in [2.75, 3.05) is 20.2 Å². The smallest absolute Gasteiger partial charge is 0.253 e. The number of ether oxygens (including phenoxy) is 1. The van der Waals surface area contributed by atoms with Gasteiger partial charge in [-0.25, -0.2) is 0 Å². The van der Waals surface area contributed by atoms with E-state index in [1.807, 2.05) is 54.3 Å². The average molecular weight is 366 g/mol.